The van der Waals surface area contributed by atoms with Gasteiger partial charge in [0.2, 0.25) is 5.91 Å². The minimum Gasteiger partial charge on any atom is -0.493 e. The van der Waals surface area contributed by atoms with Crippen LogP contribution in [0.15, 0.2) is 42.5 Å². The lowest BCUT2D eigenvalue weighted by molar-refractivity contribution is -0.151. The van der Waals surface area contributed by atoms with Gasteiger partial charge in [-0.15, -0.1) is 0 Å². The first-order valence-electron chi connectivity index (χ1n) is 12.5. The maximum Gasteiger partial charge on any atom is 0.309 e. The number of aliphatic hydroxyl groups excluding tert-OH is 1. The number of carboxylic acids is 1. The van der Waals surface area contributed by atoms with Gasteiger partial charge >= 0.3 is 5.97 Å². The van der Waals surface area contributed by atoms with Crippen LogP contribution < -0.4 is 9.47 Å². The van der Waals surface area contributed by atoms with E-state index >= 15 is 0 Å². The lowest BCUT2D eigenvalue weighted by Gasteiger charge is -2.34. The second-order valence-corrected chi connectivity index (χ2v) is 11.2. The van der Waals surface area contributed by atoms with Gasteiger partial charge in [-0.3, -0.25) is 9.59 Å². The molecule has 2 aliphatic rings. The smallest absolute Gasteiger partial charge is 0.309 e. The molecular formula is C29H37NO6. The molecular weight excluding hydrogens is 458 g/mol. The molecule has 0 unspecified atom stereocenters. The molecule has 7 nitrogen and oxygen atoms in total. The Labute approximate surface area is 213 Å². The van der Waals surface area contributed by atoms with Crippen molar-refractivity contribution in [3.63, 3.8) is 0 Å². The Balaban J connectivity index is 1.58. The highest BCUT2D eigenvalue weighted by Crippen LogP contribution is 2.47. The average molecular weight is 496 g/mol. The Morgan fingerprint density at radius 2 is 1.78 bits per heavy atom. The summed E-state index contributed by atoms with van der Waals surface area (Å²) in [7, 11) is 1.62. The van der Waals surface area contributed by atoms with Gasteiger partial charge in [0.05, 0.1) is 18.6 Å². The van der Waals surface area contributed by atoms with E-state index in [2.05, 4.69) is 12.1 Å². The molecule has 7 heteroatoms. The van der Waals surface area contributed by atoms with E-state index in [1.165, 1.54) is 11.1 Å². The van der Waals surface area contributed by atoms with E-state index in [0.29, 0.717) is 24.6 Å². The Bertz CT molecular complexity index is 1120. The lowest BCUT2D eigenvalue weighted by atomic mass is 9.72. The number of aliphatic carboxylic acids is 1. The first kappa shape index (κ1) is 26.0. The van der Waals surface area contributed by atoms with Gasteiger partial charge in [-0.25, -0.2) is 0 Å². The maximum atomic E-state index is 13.1. The number of amides is 1. The molecule has 0 aromatic heterocycles. The van der Waals surface area contributed by atoms with Crippen LogP contribution in [-0.2, 0) is 22.4 Å². The highest BCUT2D eigenvalue weighted by molar-refractivity contribution is 5.84. The fraction of sp³-hybridized carbons (Fsp3) is 0.517. The summed E-state index contributed by atoms with van der Waals surface area (Å²) in [6, 6.07) is 14.2. The molecule has 1 heterocycles. The second-order valence-electron chi connectivity index (χ2n) is 11.2. The number of hydrogen-bond acceptors (Lipinski definition) is 5. The van der Waals surface area contributed by atoms with Crippen molar-refractivity contribution in [3.05, 3.63) is 59.2 Å². The van der Waals surface area contributed by atoms with E-state index in [9.17, 15) is 19.8 Å². The third-order valence-electron chi connectivity index (χ3n) is 8.11. The molecule has 4 rings (SSSR count). The highest BCUT2D eigenvalue weighted by Gasteiger charge is 2.49. The maximum absolute atomic E-state index is 13.1. The summed E-state index contributed by atoms with van der Waals surface area (Å²) >= 11 is 0. The molecule has 1 amide bonds. The number of carbonyl (C=O) groups excluding carboxylic acids is 1. The molecule has 2 aromatic carbocycles. The monoisotopic (exact) mass is 495 g/mol. The number of fused-ring (bicyclic) bond motifs is 1. The third kappa shape index (κ3) is 4.94. The van der Waals surface area contributed by atoms with Crippen LogP contribution in [-0.4, -0.2) is 59.4 Å². The number of nitrogens with zero attached hydrogens (tertiary/aromatic N) is 1. The van der Waals surface area contributed by atoms with E-state index < -0.39 is 22.9 Å². The van der Waals surface area contributed by atoms with Gasteiger partial charge in [-0.2, -0.15) is 0 Å². The highest BCUT2D eigenvalue weighted by atomic mass is 16.5. The Hall–Kier alpha value is -3.06. The van der Waals surface area contributed by atoms with Crippen molar-refractivity contribution >= 4 is 11.9 Å². The molecule has 0 spiro atoms. The minimum absolute atomic E-state index is 0.00889. The summed E-state index contributed by atoms with van der Waals surface area (Å²) < 4.78 is 12.0. The molecule has 1 saturated heterocycles. The normalized spacial score (nSPS) is 22.8. The first-order chi connectivity index (χ1) is 16.9. The summed E-state index contributed by atoms with van der Waals surface area (Å²) in [6.07, 6.45) is 0.905. The third-order valence-corrected chi connectivity index (χ3v) is 8.11. The molecule has 36 heavy (non-hydrogen) atoms. The van der Waals surface area contributed by atoms with Gasteiger partial charge in [0.15, 0.2) is 11.5 Å². The SMILES string of the molecule is COc1ccc([C@@H]2CN(C(=O)CC(C)(C)C(=O)O)C[C@@]2(C)[C@@H](C)O)cc1OC1Cc2ccccc2C1. The summed E-state index contributed by atoms with van der Waals surface area (Å²) in [6.45, 7) is 7.60. The molecule has 0 bridgehead atoms. The second kappa shape index (κ2) is 9.77. The van der Waals surface area contributed by atoms with Gasteiger partial charge in [0.25, 0.3) is 0 Å². The number of benzene rings is 2. The zero-order valence-corrected chi connectivity index (χ0v) is 21.8. The van der Waals surface area contributed by atoms with Crippen molar-refractivity contribution in [1.82, 2.24) is 4.90 Å². The van der Waals surface area contributed by atoms with Crippen molar-refractivity contribution in [1.29, 1.82) is 0 Å². The van der Waals surface area contributed by atoms with Crippen molar-refractivity contribution in [2.45, 2.75) is 65.1 Å². The molecule has 194 valence electrons. The topological polar surface area (TPSA) is 96.3 Å². The molecule has 2 aromatic rings. The Kier molecular flexibility index (Phi) is 7.06. The van der Waals surface area contributed by atoms with Crippen molar-refractivity contribution in [2.24, 2.45) is 10.8 Å². The molecule has 3 atom stereocenters. The summed E-state index contributed by atoms with van der Waals surface area (Å²) in [5.74, 6) is -0.0788. The quantitative estimate of drug-likeness (QED) is 0.574. The van der Waals surface area contributed by atoms with Gasteiger partial charge < -0.3 is 24.6 Å². The molecule has 1 fully saturated rings. The van der Waals surface area contributed by atoms with E-state index in [4.69, 9.17) is 9.47 Å². The lowest BCUT2D eigenvalue weighted by Crippen LogP contribution is -2.39. The molecule has 1 aliphatic heterocycles. The van der Waals surface area contributed by atoms with Crippen LogP contribution >= 0.6 is 0 Å². The number of rotatable bonds is 8. The number of methoxy groups -OCH3 is 1. The number of carbonyl (C=O) groups is 2. The molecule has 2 N–H and O–H groups in total. The zero-order chi connectivity index (χ0) is 26.3. The van der Waals surface area contributed by atoms with Crippen LogP contribution in [0.3, 0.4) is 0 Å². The number of carboxylic acid groups (broad SMARTS) is 1. The first-order valence-corrected chi connectivity index (χ1v) is 12.5. The van der Waals surface area contributed by atoms with Crippen LogP contribution in [0.2, 0.25) is 0 Å². The summed E-state index contributed by atoms with van der Waals surface area (Å²) in [5, 5.41) is 20.2. The molecule has 1 aliphatic carbocycles. The van der Waals surface area contributed by atoms with Crippen LogP contribution in [0.5, 0.6) is 11.5 Å². The van der Waals surface area contributed by atoms with Gasteiger partial charge in [0, 0.05) is 43.7 Å². The standard InChI is InChI=1S/C29H37NO6/c1-18(31)29(4)17-30(26(32)15-28(2,3)27(33)34)16-23(29)21-10-11-24(35-5)25(14-21)36-22-12-19-8-6-7-9-20(19)13-22/h6-11,14,18,22-23,31H,12-13,15-17H2,1-5H3,(H,33,34)/t18-,23+,29+/m1/s1. The van der Waals surface area contributed by atoms with Crippen LogP contribution in [0.25, 0.3) is 0 Å². The van der Waals surface area contributed by atoms with E-state index in [1.807, 2.05) is 37.3 Å². The van der Waals surface area contributed by atoms with Gasteiger partial charge in [-0.1, -0.05) is 37.3 Å². The van der Waals surface area contributed by atoms with Crippen molar-refractivity contribution in [3.8, 4) is 11.5 Å². The summed E-state index contributed by atoms with van der Waals surface area (Å²) in [4.78, 5) is 26.4. The Morgan fingerprint density at radius 3 is 2.33 bits per heavy atom. The zero-order valence-electron chi connectivity index (χ0n) is 21.8. The van der Waals surface area contributed by atoms with Crippen LogP contribution in [0.1, 0.15) is 56.7 Å². The number of likely N-dealkylation sites (tertiary alicyclic amines) is 1. The number of aliphatic hydroxyl groups is 1. The van der Waals surface area contributed by atoms with Gasteiger partial charge in [-0.05, 0) is 49.6 Å². The predicted octanol–water partition coefficient (Wildman–Crippen LogP) is 4.06. The van der Waals surface area contributed by atoms with Crippen LogP contribution in [0.4, 0.5) is 0 Å². The number of ether oxygens (including phenoxy) is 2. The largest absolute Gasteiger partial charge is 0.493 e. The van der Waals surface area contributed by atoms with E-state index in [-0.39, 0.29) is 24.3 Å². The molecule has 0 saturated carbocycles. The minimum atomic E-state index is -1.16. The fourth-order valence-electron chi connectivity index (χ4n) is 5.46. The number of hydrogen-bond donors (Lipinski definition) is 2. The van der Waals surface area contributed by atoms with E-state index in [1.54, 1.807) is 32.8 Å². The van der Waals surface area contributed by atoms with Crippen molar-refractivity contribution in [2.75, 3.05) is 20.2 Å². The van der Waals surface area contributed by atoms with Crippen LogP contribution in [0, 0.1) is 10.8 Å². The average Bonchev–Trinajstić information content (AvgIpc) is 3.40. The van der Waals surface area contributed by atoms with E-state index in [0.717, 1.165) is 18.4 Å². The predicted molar refractivity (Wildman–Crippen MR) is 136 cm³/mol. The fourth-order valence-corrected chi connectivity index (χ4v) is 5.46. The Morgan fingerprint density at radius 1 is 1.14 bits per heavy atom. The van der Waals surface area contributed by atoms with Crippen molar-refractivity contribution < 1.29 is 29.3 Å². The van der Waals surface area contributed by atoms with Gasteiger partial charge in [0.1, 0.15) is 6.10 Å². The molecule has 0 radical (unpaired) electrons. The summed E-state index contributed by atoms with van der Waals surface area (Å²) in [5.41, 5.74) is 1.80.